The molecule has 7 nitrogen and oxygen atoms in total. The number of nitrogens with one attached hydrogen (secondary N) is 2. The Hall–Kier alpha value is -3.79. The lowest BCUT2D eigenvalue weighted by molar-refractivity contribution is -0.130. The minimum Gasteiger partial charge on any atom is -0.472 e. The Morgan fingerprint density at radius 1 is 0.971 bits per heavy atom. The van der Waals surface area contributed by atoms with Crippen molar-refractivity contribution in [2.24, 2.45) is 5.92 Å². The average Bonchev–Trinajstić information content (AvgIpc) is 3.15. The highest BCUT2D eigenvalue weighted by molar-refractivity contribution is 5.86. The van der Waals surface area contributed by atoms with Gasteiger partial charge in [-0.2, -0.15) is 0 Å². The van der Waals surface area contributed by atoms with E-state index in [-0.39, 0.29) is 43.4 Å². The van der Waals surface area contributed by atoms with Crippen molar-refractivity contribution >= 4 is 18.0 Å². The normalized spacial score (nSPS) is 18.6. The number of hydrogen-bond acceptors (Lipinski definition) is 4. The number of carbonyl (C=O) groups is 3. The molecular formula is C27H28N2O5. The van der Waals surface area contributed by atoms with Crippen molar-refractivity contribution in [3.63, 3.8) is 0 Å². The van der Waals surface area contributed by atoms with Crippen LogP contribution < -0.4 is 10.6 Å². The summed E-state index contributed by atoms with van der Waals surface area (Å²) in [6.07, 6.45) is 3.40. The second-order valence-corrected chi connectivity index (χ2v) is 8.71. The molecule has 2 aliphatic rings. The van der Waals surface area contributed by atoms with Gasteiger partial charge in [-0.1, -0.05) is 67.3 Å². The van der Waals surface area contributed by atoms with Crippen LogP contribution in [0.4, 0.5) is 4.79 Å². The van der Waals surface area contributed by atoms with Crippen molar-refractivity contribution in [1.82, 2.24) is 10.6 Å². The summed E-state index contributed by atoms with van der Waals surface area (Å²) in [5, 5.41) is 14.1. The van der Waals surface area contributed by atoms with Crippen LogP contribution in [0, 0.1) is 17.8 Å². The number of carbonyl (C=O) groups excluding carboxylic acids is 2. The smallest absolute Gasteiger partial charge is 0.407 e. The lowest BCUT2D eigenvalue weighted by Crippen LogP contribution is -2.44. The predicted octanol–water partition coefficient (Wildman–Crippen LogP) is 3.68. The molecule has 176 valence electrons. The van der Waals surface area contributed by atoms with Gasteiger partial charge in [-0.25, -0.2) is 9.59 Å². The molecule has 2 aromatic carbocycles. The second-order valence-electron chi connectivity index (χ2n) is 8.71. The van der Waals surface area contributed by atoms with E-state index in [1.807, 2.05) is 30.2 Å². The first-order chi connectivity index (χ1) is 16.5. The van der Waals surface area contributed by atoms with Gasteiger partial charge in [-0.15, -0.1) is 0 Å². The fraction of sp³-hybridized carbons (Fsp3) is 0.370. The quantitative estimate of drug-likeness (QED) is 0.571. The van der Waals surface area contributed by atoms with E-state index in [4.69, 9.17) is 9.84 Å². The fourth-order valence-electron chi connectivity index (χ4n) is 5.01. The van der Waals surface area contributed by atoms with Gasteiger partial charge < -0.3 is 20.5 Å². The molecule has 3 N–H and O–H groups in total. The largest absolute Gasteiger partial charge is 0.472 e. The number of fused-ring (bicyclic) bond motifs is 3. The summed E-state index contributed by atoms with van der Waals surface area (Å²) >= 11 is 0. The zero-order chi connectivity index (χ0) is 23.9. The standard InChI is InChI=1S/C27H28N2O5/c30-25(28-15-7-14-26(31)32)16-18-8-1-6-13-24(18)29-27(33)34-17-23-21-11-4-2-9-19(21)20-10-3-5-12-22(20)23/h2-5,9-12,18,23-24H,1,6,8,13,15-17H2,(H,28,30)(H,29,33)(H,31,32). The maximum atomic E-state index is 12.7. The number of aliphatic carboxylic acids is 1. The van der Waals surface area contributed by atoms with Gasteiger partial charge in [0.1, 0.15) is 6.61 Å². The molecule has 0 bridgehead atoms. The van der Waals surface area contributed by atoms with Gasteiger partial charge >= 0.3 is 12.1 Å². The minimum absolute atomic E-state index is 0.00154. The van der Waals surface area contributed by atoms with E-state index in [1.54, 1.807) is 0 Å². The summed E-state index contributed by atoms with van der Waals surface area (Å²) in [6, 6.07) is 16.3. The second kappa shape index (κ2) is 10.9. The molecule has 0 aromatic heterocycles. The van der Waals surface area contributed by atoms with Crippen molar-refractivity contribution in [2.75, 3.05) is 13.2 Å². The topological polar surface area (TPSA) is 105 Å². The molecular weight excluding hydrogens is 432 g/mol. The molecule has 2 atom stereocenters. The van der Waals surface area contributed by atoms with E-state index in [0.717, 1.165) is 36.8 Å². The molecule has 0 radical (unpaired) electrons. The van der Waals surface area contributed by atoms with Crippen molar-refractivity contribution in [2.45, 2.75) is 44.1 Å². The molecule has 0 saturated heterocycles. The molecule has 1 saturated carbocycles. The highest BCUT2D eigenvalue weighted by Crippen LogP contribution is 2.44. The molecule has 0 aliphatic heterocycles. The van der Waals surface area contributed by atoms with E-state index in [0.29, 0.717) is 0 Å². The molecule has 7 heteroatoms. The third-order valence-electron chi connectivity index (χ3n) is 6.57. The summed E-state index contributed by atoms with van der Waals surface area (Å²) in [6.45, 7) is 0.238. The number of benzene rings is 2. The van der Waals surface area contributed by atoms with Crippen LogP contribution in [0.15, 0.2) is 48.5 Å². The van der Waals surface area contributed by atoms with Gasteiger partial charge in [0.25, 0.3) is 0 Å². The first-order valence-electron chi connectivity index (χ1n) is 11.6. The van der Waals surface area contributed by atoms with E-state index in [2.05, 4.69) is 40.8 Å². The maximum absolute atomic E-state index is 12.7. The SMILES string of the molecule is O=C(O)C#CCNC(=O)CC1CCCCC1NC(=O)OCC1c2ccccc2-c2ccccc21. The Labute approximate surface area is 198 Å². The monoisotopic (exact) mass is 460 g/mol. The molecule has 34 heavy (non-hydrogen) atoms. The van der Waals surface area contributed by atoms with Crippen molar-refractivity contribution in [3.8, 4) is 23.0 Å². The zero-order valence-electron chi connectivity index (χ0n) is 18.9. The molecule has 4 rings (SSSR count). The van der Waals surface area contributed by atoms with Crippen LogP contribution in [-0.4, -0.2) is 42.3 Å². The molecule has 0 heterocycles. The van der Waals surface area contributed by atoms with Crippen molar-refractivity contribution in [3.05, 3.63) is 59.7 Å². The Kier molecular flexibility index (Phi) is 7.48. The number of rotatable bonds is 6. The first-order valence-corrected chi connectivity index (χ1v) is 11.6. The number of alkyl carbamates (subject to hydrolysis) is 1. The van der Waals surface area contributed by atoms with Crippen LogP contribution in [0.5, 0.6) is 0 Å². The fourth-order valence-corrected chi connectivity index (χ4v) is 5.01. The summed E-state index contributed by atoms with van der Waals surface area (Å²) in [4.78, 5) is 35.4. The maximum Gasteiger partial charge on any atom is 0.407 e. The zero-order valence-corrected chi connectivity index (χ0v) is 18.9. The van der Waals surface area contributed by atoms with Gasteiger partial charge in [0.05, 0.1) is 6.54 Å². The Morgan fingerprint density at radius 2 is 1.62 bits per heavy atom. The van der Waals surface area contributed by atoms with Crippen molar-refractivity contribution in [1.29, 1.82) is 0 Å². The highest BCUT2D eigenvalue weighted by atomic mass is 16.5. The van der Waals surface area contributed by atoms with Gasteiger partial charge in [0.15, 0.2) is 0 Å². The van der Waals surface area contributed by atoms with Gasteiger partial charge in [0.2, 0.25) is 5.91 Å². The molecule has 2 aromatic rings. The van der Waals surface area contributed by atoms with Gasteiger partial charge in [-0.05, 0) is 41.0 Å². The van der Waals surface area contributed by atoms with E-state index >= 15 is 0 Å². The van der Waals surface area contributed by atoms with Gasteiger partial charge in [-0.3, -0.25) is 4.79 Å². The molecule has 2 unspecified atom stereocenters. The van der Waals surface area contributed by atoms with Crippen LogP contribution in [-0.2, 0) is 14.3 Å². The lowest BCUT2D eigenvalue weighted by Gasteiger charge is -2.31. The number of carboxylic acid groups (broad SMARTS) is 1. The van der Waals surface area contributed by atoms with Crippen LogP contribution in [0.3, 0.4) is 0 Å². The summed E-state index contributed by atoms with van der Waals surface area (Å²) in [7, 11) is 0. The average molecular weight is 461 g/mol. The van der Waals surface area contributed by atoms with Gasteiger partial charge in [0, 0.05) is 24.3 Å². The molecule has 2 aliphatic carbocycles. The Balaban J connectivity index is 1.32. The molecule has 1 fully saturated rings. The third-order valence-corrected chi connectivity index (χ3v) is 6.57. The molecule has 0 spiro atoms. The number of hydrogen-bond donors (Lipinski definition) is 3. The third kappa shape index (κ3) is 5.57. The number of ether oxygens (including phenoxy) is 1. The van der Waals surface area contributed by atoms with E-state index in [9.17, 15) is 14.4 Å². The number of carboxylic acids is 1. The lowest BCUT2D eigenvalue weighted by atomic mass is 9.82. The molecule has 2 amide bonds. The predicted molar refractivity (Wildman–Crippen MR) is 127 cm³/mol. The highest BCUT2D eigenvalue weighted by Gasteiger charge is 2.31. The summed E-state index contributed by atoms with van der Waals surface area (Å²) in [5.74, 6) is 2.92. The Bertz CT molecular complexity index is 1090. The van der Waals surface area contributed by atoms with Crippen LogP contribution in [0.25, 0.3) is 11.1 Å². The van der Waals surface area contributed by atoms with Crippen LogP contribution >= 0.6 is 0 Å². The Morgan fingerprint density at radius 3 is 2.29 bits per heavy atom. The van der Waals surface area contributed by atoms with E-state index in [1.165, 1.54) is 11.1 Å². The summed E-state index contributed by atoms with van der Waals surface area (Å²) < 4.78 is 5.67. The van der Waals surface area contributed by atoms with Crippen molar-refractivity contribution < 1.29 is 24.2 Å². The number of amides is 2. The summed E-state index contributed by atoms with van der Waals surface area (Å²) in [5.41, 5.74) is 4.68. The van der Waals surface area contributed by atoms with Crippen LogP contribution in [0.1, 0.15) is 49.1 Å². The van der Waals surface area contributed by atoms with Crippen LogP contribution in [0.2, 0.25) is 0 Å². The van der Waals surface area contributed by atoms with E-state index < -0.39 is 12.1 Å². The minimum atomic E-state index is -1.23. The first kappa shape index (κ1) is 23.4.